The maximum Gasteiger partial charge on any atom is 0.491 e. The van der Waals surface area contributed by atoms with E-state index in [2.05, 4.69) is 23.9 Å². The number of halogens is 3. The van der Waals surface area contributed by atoms with E-state index < -0.39 is 29.6 Å². The van der Waals surface area contributed by atoms with E-state index in [9.17, 15) is 22.8 Å². The van der Waals surface area contributed by atoms with Gasteiger partial charge in [0.05, 0.1) is 0 Å². The molecule has 0 spiro atoms. The van der Waals surface area contributed by atoms with E-state index in [4.69, 9.17) is 5.73 Å². The molecule has 36 heavy (non-hydrogen) atoms. The van der Waals surface area contributed by atoms with Crippen molar-refractivity contribution in [2.75, 3.05) is 7.05 Å². The summed E-state index contributed by atoms with van der Waals surface area (Å²) in [5, 5.41) is 2.74. The van der Waals surface area contributed by atoms with Gasteiger partial charge in [0.25, 0.3) is 5.91 Å². The Morgan fingerprint density at radius 3 is 2.14 bits per heavy atom. The van der Waals surface area contributed by atoms with Gasteiger partial charge in [-0.2, -0.15) is 13.2 Å². The van der Waals surface area contributed by atoms with Crippen LogP contribution in [0.3, 0.4) is 0 Å². The molecule has 1 fully saturated rings. The molecule has 9 heteroatoms. The van der Waals surface area contributed by atoms with E-state index in [0.29, 0.717) is 17.0 Å². The van der Waals surface area contributed by atoms with Crippen LogP contribution in [-0.2, 0) is 19.9 Å². The highest BCUT2D eigenvalue weighted by molar-refractivity contribution is 5.95. The highest BCUT2D eigenvalue weighted by Crippen LogP contribution is 2.41. The molecule has 0 radical (unpaired) electrons. The van der Waals surface area contributed by atoms with E-state index in [-0.39, 0.29) is 0 Å². The predicted molar refractivity (Wildman–Crippen MR) is 128 cm³/mol. The Morgan fingerprint density at radius 2 is 1.53 bits per heavy atom. The third-order valence-electron chi connectivity index (χ3n) is 6.36. The number of amides is 1. The molecular weight excluding hydrogens is 471 g/mol. The maximum atomic E-state index is 13.8. The SMILES string of the molecule is CC(C)c1cccc(-c2cccc(C3(c4ccccc4)NC(N)(OC(=O)C(F)(F)F)N(C)C3=O)c2)c1. The summed E-state index contributed by atoms with van der Waals surface area (Å²) in [6.07, 6.45) is -5.29. The van der Waals surface area contributed by atoms with Gasteiger partial charge in [-0.15, -0.1) is 0 Å². The van der Waals surface area contributed by atoms with Gasteiger partial charge in [-0.25, -0.2) is 10.1 Å². The van der Waals surface area contributed by atoms with Crippen molar-refractivity contribution in [1.82, 2.24) is 10.2 Å². The molecule has 1 amide bonds. The molecule has 3 aromatic rings. The normalized spacial score (nSPS) is 22.2. The fraction of sp³-hybridized carbons (Fsp3) is 0.259. The summed E-state index contributed by atoms with van der Waals surface area (Å²) in [5.74, 6) is -5.44. The first-order chi connectivity index (χ1) is 16.9. The first-order valence-corrected chi connectivity index (χ1v) is 11.3. The van der Waals surface area contributed by atoms with Crippen molar-refractivity contribution in [2.24, 2.45) is 5.73 Å². The number of benzene rings is 3. The minimum Gasteiger partial charge on any atom is -0.404 e. The molecule has 0 saturated carbocycles. The maximum absolute atomic E-state index is 13.8. The van der Waals surface area contributed by atoms with Crippen LogP contribution in [0.25, 0.3) is 11.1 Å². The van der Waals surface area contributed by atoms with Crippen molar-refractivity contribution >= 4 is 11.9 Å². The molecule has 0 bridgehead atoms. The number of likely N-dealkylation sites (N-methyl/N-ethyl adjacent to an activating group) is 1. The molecule has 2 atom stereocenters. The van der Waals surface area contributed by atoms with Gasteiger partial charge in [-0.3, -0.25) is 15.4 Å². The second-order valence-electron chi connectivity index (χ2n) is 9.05. The molecule has 4 rings (SSSR count). The Kier molecular flexibility index (Phi) is 6.40. The fourth-order valence-electron chi connectivity index (χ4n) is 4.36. The lowest BCUT2D eigenvalue weighted by molar-refractivity contribution is -0.228. The van der Waals surface area contributed by atoms with Crippen molar-refractivity contribution in [3.05, 3.63) is 95.6 Å². The lowest BCUT2D eigenvalue weighted by atomic mass is 9.81. The smallest absolute Gasteiger partial charge is 0.404 e. The Balaban J connectivity index is 1.87. The van der Waals surface area contributed by atoms with Crippen LogP contribution in [-0.4, -0.2) is 36.0 Å². The van der Waals surface area contributed by atoms with Gasteiger partial charge < -0.3 is 4.74 Å². The van der Waals surface area contributed by atoms with Gasteiger partial charge in [0.2, 0.25) is 0 Å². The summed E-state index contributed by atoms with van der Waals surface area (Å²) in [6, 6.07) is 23.5. The van der Waals surface area contributed by atoms with Gasteiger partial charge in [-0.05, 0) is 39.8 Å². The number of rotatable bonds is 5. The average Bonchev–Trinajstić information content (AvgIpc) is 3.06. The largest absolute Gasteiger partial charge is 0.491 e. The summed E-state index contributed by atoms with van der Waals surface area (Å²) in [6.45, 7) is 4.17. The molecule has 6 nitrogen and oxygen atoms in total. The van der Waals surface area contributed by atoms with Crippen molar-refractivity contribution in [3.63, 3.8) is 0 Å². The molecule has 0 aromatic heterocycles. The zero-order chi connectivity index (χ0) is 26.3. The van der Waals surface area contributed by atoms with Crippen LogP contribution >= 0.6 is 0 Å². The molecule has 188 valence electrons. The Bertz CT molecular complexity index is 1300. The topological polar surface area (TPSA) is 84.7 Å². The quantitative estimate of drug-likeness (QED) is 0.402. The minimum absolute atomic E-state index is 0.302. The summed E-state index contributed by atoms with van der Waals surface area (Å²) in [4.78, 5) is 26.2. The summed E-state index contributed by atoms with van der Waals surface area (Å²) < 4.78 is 43.6. The number of carbonyl (C=O) groups is 2. The molecular formula is C27H26F3N3O3. The number of nitrogens with one attached hydrogen (secondary N) is 1. The molecule has 2 unspecified atom stereocenters. The van der Waals surface area contributed by atoms with Crippen LogP contribution < -0.4 is 11.1 Å². The highest BCUT2D eigenvalue weighted by atomic mass is 19.4. The monoisotopic (exact) mass is 497 g/mol. The third kappa shape index (κ3) is 4.36. The van der Waals surface area contributed by atoms with Crippen LogP contribution in [0.5, 0.6) is 0 Å². The molecule has 1 saturated heterocycles. The third-order valence-corrected chi connectivity index (χ3v) is 6.36. The summed E-state index contributed by atoms with van der Waals surface area (Å²) >= 11 is 0. The van der Waals surface area contributed by atoms with E-state index in [0.717, 1.165) is 21.6 Å². The van der Waals surface area contributed by atoms with E-state index in [1.54, 1.807) is 48.5 Å². The molecule has 1 aliphatic rings. The van der Waals surface area contributed by atoms with Gasteiger partial charge in [-0.1, -0.05) is 86.6 Å². The van der Waals surface area contributed by atoms with Crippen LogP contribution in [0.1, 0.15) is 36.5 Å². The lowest BCUT2D eigenvalue weighted by Gasteiger charge is -2.32. The number of carbonyl (C=O) groups excluding carboxylic acids is 2. The van der Waals surface area contributed by atoms with Crippen molar-refractivity contribution in [2.45, 2.75) is 37.5 Å². The van der Waals surface area contributed by atoms with Crippen molar-refractivity contribution < 1.29 is 27.5 Å². The Labute approximate surface area is 206 Å². The number of hydrogen-bond donors (Lipinski definition) is 2. The van der Waals surface area contributed by atoms with Crippen molar-refractivity contribution in [1.29, 1.82) is 0 Å². The van der Waals surface area contributed by atoms with Gasteiger partial charge in [0.15, 0.2) is 5.54 Å². The van der Waals surface area contributed by atoms with Crippen LogP contribution in [0.2, 0.25) is 0 Å². The standard InChI is InChI=1S/C27H26F3N3O3/c1-17(2)18-9-7-10-19(15-18)20-11-8-14-22(16-20)25(21-12-5-4-6-13-21)23(34)33(3)27(31,32-25)36-24(35)26(28,29)30/h4-17,32H,31H2,1-3H3. The Hall–Kier alpha value is -3.69. The zero-order valence-corrected chi connectivity index (χ0v) is 20.0. The number of nitrogens with zero attached hydrogens (tertiary/aromatic N) is 1. The first kappa shape index (κ1) is 25.4. The molecule has 0 aliphatic carbocycles. The van der Waals surface area contributed by atoms with E-state index in [1.165, 1.54) is 7.05 Å². The molecule has 3 aromatic carbocycles. The van der Waals surface area contributed by atoms with E-state index in [1.807, 2.05) is 30.3 Å². The van der Waals surface area contributed by atoms with Crippen molar-refractivity contribution in [3.8, 4) is 11.1 Å². The number of nitrogens with two attached hydrogens (primary N) is 1. The number of hydrogen-bond acceptors (Lipinski definition) is 5. The van der Waals surface area contributed by atoms with Gasteiger partial charge in [0, 0.05) is 7.05 Å². The van der Waals surface area contributed by atoms with Gasteiger partial charge in [0.1, 0.15) is 0 Å². The Morgan fingerprint density at radius 1 is 0.944 bits per heavy atom. The van der Waals surface area contributed by atoms with Crippen LogP contribution in [0.15, 0.2) is 78.9 Å². The molecule has 1 aliphatic heterocycles. The van der Waals surface area contributed by atoms with Crippen LogP contribution in [0.4, 0.5) is 13.2 Å². The fourth-order valence-corrected chi connectivity index (χ4v) is 4.36. The minimum atomic E-state index is -5.29. The predicted octanol–water partition coefficient (Wildman–Crippen LogP) is 4.46. The second kappa shape index (κ2) is 9.07. The average molecular weight is 498 g/mol. The lowest BCUT2D eigenvalue weighted by Crippen LogP contribution is -2.64. The highest BCUT2D eigenvalue weighted by Gasteiger charge is 2.62. The summed E-state index contributed by atoms with van der Waals surface area (Å²) in [5.41, 5.74) is 8.06. The van der Waals surface area contributed by atoms with Crippen LogP contribution in [0, 0.1) is 0 Å². The zero-order valence-electron chi connectivity index (χ0n) is 20.0. The number of esters is 1. The number of ether oxygens (including phenoxy) is 1. The summed E-state index contributed by atoms with van der Waals surface area (Å²) in [7, 11) is 1.18. The first-order valence-electron chi connectivity index (χ1n) is 11.3. The molecule has 3 N–H and O–H groups in total. The molecule has 1 heterocycles. The van der Waals surface area contributed by atoms with Gasteiger partial charge >= 0.3 is 18.1 Å². The van der Waals surface area contributed by atoms with E-state index >= 15 is 0 Å². The second-order valence-corrected chi connectivity index (χ2v) is 9.05. The number of alkyl halides is 3.